The zero-order valence-electron chi connectivity index (χ0n) is 10.6. The van der Waals surface area contributed by atoms with Gasteiger partial charge in [0.1, 0.15) is 6.26 Å². The minimum atomic E-state index is -0.0234. The number of furan rings is 1. The lowest BCUT2D eigenvalue weighted by Gasteiger charge is -2.21. The first kappa shape index (κ1) is 16.0. The molecular formula is C12H21ClN2O2. The van der Waals surface area contributed by atoms with E-state index in [4.69, 9.17) is 10.2 Å². The molecule has 0 aliphatic rings. The summed E-state index contributed by atoms with van der Waals surface area (Å²) in [4.78, 5) is 13.5. The predicted molar refractivity (Wildman–Crippen MR) is 70.3 cm³/mol. The van der Waals surface area contributed by atoms with Crippen molar-refractivity contribution in [2.45, 2.75) is 26.3 Å². The average Bonchev–Trinajstić information content (AvgIpc) is 2.77. The minimum absolute atomic E-state index is 0. The minimum Gasteiger partial charge on any atom is -0.472 e. The van der Waals surface area contributed by atoms with Crippen LogP contribution in [0.3, 0.4) is 0 Å². The van der Waals surface area contributed by atoms with E-state index in [0.29, 0.717) is 18.0 Å². The molecule has 0 aliphatic carbocycles. The van der Waals surface area contributed by atoms with Crippen molar-refractivity contribution < 1.29 is 9.21 Å². The number of halogens is 1. The van der Waals surface area contributed by atoms with Crippen LogP contribution in [0, 0.1) is 5.92 Å². The molecule has 17 heavy (non-hydrogen) atoms. The second-order valence-corrected chi connectivity index (χ2v) is 4.44. The normalized spacial score (nSPS) is 12.1. The van der Waals surface area contributed by atoms with Crippen LogP contribution in [0.4, 0.5) is 0 Å². The van der Waals surface area contributed by atoms with Gasteiger partial charge in [-0.05, 0) is 18.4 Å². The van der Waals surface area contributed by atoms with Gasteiger partial charge < -0.3 is 15.1 Å². The smallest absolute Gasteiger partial charge is 0.256 e. The quantitative estimate of drug-likeness (QED) is 0.883. The van der Waals surface area contributed by atoms with Crippen LogP contribution in [-0.4, -0.2) is 30.4 Å². The summed E-state index contributed by atoms with van der Waals surface area (Å²) in [6.07, 6.45) is 3.78. The summed E-state index contributed by atoms with van der Waals surface area (Å²) in [5, 5.41) is 0. The third kappa shape index (κ3) is 4.79. The van der Waals surface area contributed by atoms with Crippen molar-refractivity contribution in [1.29, 1.82) is 0 Å². The van der Waals surface area contributed by atoms with Gasteiger partial charge in [0, 0.05) is 19.6 Å². The van der Waals surface area contributed by atoms with Crippen molar-refractivity contribution in [3.63, 3.8) is 0 Å². The molecule has 0 fully saturated rings. The molecular weight excluding hydrogens is 240 g/mol. The van der Waals surface area contributed by atoms with Gasteiger partial charge in [-0.25, -0.2) is 0 Å². The molecule has 0 aromatic carbocycles. The number of carbonyl (C=O) groups excluding carboxylic acids is 1. The van der Waals surface area contributed by atoms with Gasteiger partial charge in [0.2, 0.25) is 0 Å². The van der Waals surface area contributed by atoms with Gasteiger partial charge in [0.15, 0.2) is 0 Å². The van der Waals surface area contributed by atoms with Crippen LogP contribution in [0.15, 0.2) is 23.0 Å². The molecule has 1 aromatic rings. The summed E-state index contributed by atoms with van der Waals surface area (Å²) >= 11 is 0. The highest BCUT2D eigenvalue weighted by Crippen LogP contribution is 2.07. The molecule has 0 bridgehead atoms. The molecule has 2 N–H and O–H groups in total. The molecule has 0 saturated carbocycles. The van der Waals surface area contributed by atoms with E-state index in [0.717, 1.165) is 6.42 Å². The van der Waals surface area contributed by atoms with Crippen molar-refractivity contribution in [1.82, 2.24) is 4.90 Å². The molecule has 1 atom stereocenters. The summed E-state index contributed by atoms with van der Waals surface area (Å²) < 4.78 is 4.88. The van der Waals surface area contributed by atoms with Crippen LogP contribution < -0.4 is 5.73 Å². The first-order valence-corrected chi connectivity index (χ1v) is 5.55. The Kier molecular flexibility index (Phi) is 6.92. The fourth-order valence-electron chi connectivity index (χ4n) is 1.38. The number of nitrogens with zero attached hydrogens (tertiary/aromatic N) is 1. The average molecular weight is 261 g/mol. The van der Waals surface area contributed by atoms with Crippen LogP contribution in [0.5, 0.6) is 0 Å². The van der Waals surface area contributed by atoms with Crippen LogP contribution in [-0.2, 0) is 0 Å². The third-order valence-corrected chi connectivity index (χ3v) is 2.77. The Morgan fingerprint density at radius 2 is 2.18 bits per heavy atom. The monoisotopic (exact) mass is 260 g/mol. The van der Waals surface area contributed by atoms with E-state index in [1.54, 1.807) is 18.0 Å². The second kappa shape index (κ2) is 7.35. The Morgan fingerprint density at radius 3 is 2.65 bits per heavy atom. The molecule has 4 nitrogen and oxygen atoms in total. The number of nitrogens with two attached hydrogens (primary N) is 1. The SMILES string of the molecule is CC(C)C(N)CCN(C)C(=O)c1ccoc1.Cl. The van der Waals surface area contributed by atoms with Crippen LogP contribution in [0.25, 0.3) is 0 Å². The van der Waals surface area contributed by atoms with E-state index in [9.17, 15) is 4.79 Å². The van der Waals surface area contributed by atoms with Crippen LogP contribution in [0.2, 0.25) is 0 Å². The summed E-state index contributed by atoms with van der Waals surface area (Å²) in [7, 11) is 1.78. The number of hydrogen-bond acceptors (Lipinski definition) is 3. The molecule has 5 heteroatoms. The maximum Gasteiger partial charge on any atom is 0.256 e. The van der Waals surface area contributed by atoms with Gasteiger partial charge in [-0.15, -0.1) is 12.4 Å². The van der Waals surface area contributed by atoms with Crippen molar-refractivity contribution >= 4 is 18.3 Å². The molecule has 1 unspecified atom stereocenters. The largest absolute Gasteiger partial charge is 0.472 e. The maximum absolute atomic E-state index is 11.8. The lowest BCUT2D eigenvalue weighted by atomic mass is 10.0. The molecule has 0 radical (unpaired) electrons. The Balaban J connectivity index is 0.00000256. The van der Waals surface area contributed by atoms with E-state index in [-0.39, 0.29) is 24.4 Å². The van der Waals surface area contributed by atoms with E-state index < -0.39 is 0 Å². The lowest BCUT2D eigenvalue weighted by molar-refractivity contribution is 0.0788. The van der Waals surface area contributed by atoms with Crippen molar-refractivity contribution in [3.8, 4) is 0 Å². The number of amides is 1. The van der Waals surface area contributed by atoms with Gasteiger partial charge in [0.05, 0.1) is 11.8 Å². The number of hydrogen-bond donors (Lipinski definition) is 1. The predicted octanol–water partition coefficient (Wildman–Crippen LogP) is 2.15. The topological polar surface area (TPSA) is 59.5 Å². The summed E-state index contributed by atoms with van der Waals surface area (Å²) in [5.41, 5.74) is 6.51. The van der Waals surface area contributed by atoms with Crippen molar-refractivity contribution in [3.05, 3.63) is 24.2 Å². The summed E-state index contributed by atoms with van der Waals surface area (Å²) in [6.45, 7) is 4.84. The Bertz CT molecular complexity index is 325. The lowest BCUT2D eigenvalue weighted by Crippen LogP contribution is -2.34. The first-order chi connectivity index (χ1) is 7.52. The molecule has 1 aromatic heterocycles. The number of rotatable bonds is 5. The highest BCUT2D eigenvalue weighted by molar-refractivity contribution is 5.93. The fourth-order valence-corrected chi connectivity index (χ4v) is 1.38. The first-order valence-electron chi connectivity index (χ1n) is 5.55. The van der Waals surface area contributed by atoms with Crippen molar-refractivity contribution in [2.24, 2.45) is 11.7 Å². The Hall–Kier alpha value is -1.00. The van der Waals surface area contributed by atoms with E-state index in [1.807, 2.05) is 0 Å². The number of carbonyl (C=O) groups is 1. The molecule has 0 saturated heterocycles. The van der Waals surface area contributed by atoms with Gasteiger partial charge in [-0.1, -0.05) is 13.8 Å². The molecule has 1 rings (SSSR count). The fraction of sp³-hybridized carbons (Fsp3) is 0.583. The van der Waals surface area contributed by atoms with Gasteiger partial charge in [0.25, 0.3) is 5.91 Å². The molecule has 0 aliphatic heterocycles. The Labute approximate surface area is 109 Å². The van der Waals surface area contributed by atoms with E-state index in [2.05, 4.69) is 13.8 Å². The van der Waals surface area contributed by atoms with Crippen molar-refractivity contribution in [2.75, 3.05) is 13.6 Å². The summed E-state index contributed by atoms with van der Waals surface area (Å²) in [5.74, 6) is 0.419. The van der Waals surface area contributed by atoms with E-state index >= 15 is 0 Å². The Morgan fingerprint density at radius 1 is 1.53 bits per heavy atom. The second-order valence-electron chi connectivity index (χ2n) is 4.44. The molecule has 0 spiro atoms. The summed E-state index contributed by atoms with van der Waals surface area (Å²) in [6, 6.07) is 1.81. The zero-order chi connectivity index (χ0) is 12.1. The van der Waals surface area contributed by atoms with Crippen LogP contribution >= 0.6 is 12.4 Å². The van der Waals surface area contributed by atoms with Crippen LogP contribution in [0.1, 0.15) is 30.6 Å². The van der Waals surface area contributed by atoms with Gasteiger partial charge >= 0.3 is 0 Å². The third-order valence-electron chi connectivity index (χ3n) is 2.77. The molecule has 98 valence electrons. The standard InChI is InChI=1S/C12H20N2O2.ClH/c1-9(2)11(13)4-6-14(3)12(15)10-5-7-16-8-10;/h5,7-9,11H,4,6,13H2,1-3H3;1H. The van der Waals surface area contributed by atoms with Gasteiger partial charge in [-0.3, -0.25) is 4.79 Å². The molecule has 1 amide bonds. The van der Waals surface area contributed by atoms with Gasteiger partial charge in [-0.2, -0.15) is 0 Å². The molecule has 1 heterocycles. The zero-order valence-corrected chi connectivity index (χ0v) is 11.4. The maximum atomic E-state index is 11.8. The highest BCUT2D eigenvalue weighted by Gasteiger charge is 2.14. The highest BCUT2D eigenvalue weighted by atomic mass is 35.5. The van der Waals surface area contributed by atoms with E-state index in [1.165, 1.54) is 12.5 Å².